The Morgan fingerprint density at radius 1 is 1.33 bits per heavy atom. The summed E-state index contributed by atoms with van der Waals surface area (Å²) in [7, 11) is 0. The molecule has 1 aliphatic rings. The van der Waals surface area contributed by atoms with Gasteiger partial charge in [-0.15, -0.1) is 0 Å². The van der Waals surface area contributed by atoms with Crippen molar-refractivity contribution in [3.8, 4) is 0 Å². The van der Waals surface area contributed by atoms with Crippen molar-refractivity contribution in [1.82, 2.24) is 10.2 Å². The summed E-state index contributed by atoms with van der Waals surface area (Å²) in [6.45, 7) is 7.91. The number of nitrogens with zero attached hydrogens (tertiary/aromatic N) is 1. The van der Waals surface area contributed by atoms with E-state index < -0.39 is 0 Å². The number of aliphatic hydroxyl groups excluding tert-OH is 1. The number of aliphatic hydroxyl groups is 1. The normalized spacial score (nSPS) is 20.2. The Kier molecular flexibility index (Phi) is 9.68. The van der Waals surface area contributed by atoms with Crippen molar-refractivity contribution < 1.29 is 9.90 Å². The molecule has 1 heterocycles. The summed E-state index contributed by atoms with van der Waals surface area (Å²) >= 11 is 0. The molecule has 4 nitrogen and oxygen atoms in total. The predicted molar refractivity (Wildman–Crippen MR) is 87.2 cm³/mol. The molecule has 1 fully saturated rings. The molecule has 4 heteroatoms. The molecule has 1 rings (SSSR count). The molecule has 0 bridgehead atoms. The van der Waals surface area contributed by atoms with E-state index in [-0.39, 0.29) is 12.5 Å². The van der Waals surface area contributed by atoms with E-state index in [9.17, 15) is 4.79 Å². The Morgan fingerprint density at radius 2 is 2.14 bits per heavy atom. The van der Waals surface area contributed by atoms with E-state index in [1.54, 1.807) is 0 Å². The fraction of sp³-hybridized carbons (Fsp3) is 0.941. The lowest BCUT2D eigenvalue weighted by atomic mass is 9.85. The van der Waals surface area contributed by atoms with Gasteiger partial charge in [0, 0.05) is 19.5 Å². The van der Waals surface area contributed by atoms with Gasteiger partial charge in [-0.05, 0) is 44.2 Å². The van der Waals surface area contributed by atoms with Gasteiger partial charge in [-0.25, -0.2) is 0 Å². The van der Waals surface area contributed by atoms with Gasteiger partial charge < -0.3 is 15.3 Å². The maximum absolute atomic E-state index is 12.4. The van der Waals surface area contributed by atoms with Crippen LogP contribution in [0.25, 0.3) is 0 Å². The van der Waals surface area contributed by atoms with Gasteiger partial charge in [0.1, 0.15) is 0 Å². The molecule has 0 saturated carbocycles. The molecule has 1 amide bonds. The Hall–Kier alpha value is -0.610. The third-order valence-corrected chi connectivity index (χ3v) is 4.64. The Labute approximate surface area is 130 Å². The summed E-state index contributed by atoms with van der Waals surface area (Å²) in [5.74, 6) is 1.28. The van der Waals surface area contributed by atoms with Crippen LogP contribution in [0, 0.1) is 11.8 Å². The molecule has 0 spiro atoms. The van der Waals surface area contributed by atoms with E-state index in [0.29, 0.717) is 24.8 Å². The first kappa shape index (κ1) is 18.4. The van der Waals surface area contributed by atoms with Crippen LogP contribution in [0.1, 0.15) is 58.8 Å². The van der Waals surface area contributed by atoms with E-state index in [1.807, 2.05) is 4.90 Å². The molecule has 2 atom stereocenters. The smallest absolute Gasteiger partial charge is 0.222 e. The maximum atomic E-state index is 12.4. The number of hydrogen-bond donors (Lipinski definition) is 2. The third-order valence-electron chi connectivity index (χ3n) is 4.64. The van der Waals surface area contributed by atoms with Crippen LogP contribution in [-0.2, 0) is 4.79 Å². The minimum absolute atomic E-state index is 0.0683. The number of carbonyl (C=O) groups excluding carboxylic acids is 1. The van der Waals surface area contributed by atoms with Gasteiger partial charge >= 0.3 is 0 Å². The molecule has 2 N–H and O–H groups in total. The highest BCUT2D eigenvalue weighted by atomic mass is 16.3. The summed E-state index contributed by atoms with van der Waals surface area (Å²) in [4.78, 5) is 14.3. The molecular formula is C17H34N2O2. The topological polar surface area (TPSA) is 52.6 Å². The lowest BCUT2D eigenvalue weighted by Gasteiger charge is -2.30. The summed E-state index contributed by atoms with van der Waals surface area (Å²) in [5.41, 5.74) is 0. The fourth-order valence-electron chi connectivity index (χ4n) is 3.15. The molecule has 0 aromatic heterocycles. The fourth-order valence-corrected chi connectivity index (χ4v) is 3.15. The second kappa shape index (κ2) is 11.0. The van der Waals surface area contributed by atoms with Crippen LogP contribution in [0.15, 0.2) is 0 Å². The van der Waals surface area contributed by atoms with Crippen LogP contribution in [0.5, 0.6) is 0 Å². The zero-order chi connectivity index (χ0) is 15.5. The second-order valence-corrected chi connectivity index (χ2v) is 6.45. The molecule has 2 unspecified atom stereocenters. The Bertz CT molecular complexity index is 278. The van der Waals surface area contributed by atoms with Gasteiger partial charge in [0.05, 0.1) is 6.61 Å². The molecule has 0 aromatic carbocycles. The van der Waals surface area contributed by atoms with Crippen molar-refractivity contribution in [2.45, 2.75) is 58.8 Å². The highest BCUT2D eigenvalue weighted by molar-refractivity contribution is 5.76. The first-order chi connectivity index (χ1) is 10.2. The Morgan fingerprint density at radius 3 is 2.76 bits per heavy atom. The zero-order valence-corrected chi connectivity index (χ0v) is 13.9. The van der Waals surface area contributed by atoms with Crippen molar-refractivity contribution in [3.63, 3.8) is 0 Å². The number of carbonyl (C=O) groups is 1. The van der Waals surface area contributed by atoms with Crippen LogP contribution >= 0.6 is 0 Å². The van der Waals surface area contributed by atoms with Crippen LogP contribution in [0.2, 0.25) is 0 Å². The van der Waals surface area contributed by atoms with E-state index >= 15 is 0 Å². The number of hydrogen-bond acceptors (Lipinski definition) is 3. The first-order valence-corrected chi connectivity index (χ1v) is 8.78. The lowest BCUT2D eigenvalue weighted by molar-refractivity contribution is -0.133. The SMILES string of the molecule is CCCCCCN(CCO)C(=O)CC(C)C1CCCNC1. The van der Waals surface area contributed by atoms with Gasteiger partial charge in [0.2, 0.25) is 5.91 Å². The van der Waals surface area contributed by atoms with Crippen molar-refractivity contribution in [1.29, 1.82) is 0 Å². The molecule has 1 aliphatic heterocycles. The van der Waals surface area contributed by atoms with Gasteiger partial charge in [-0.3, -0.25) is 4.79 Å². The van der Waals surface area contributed by atoms with E-state index in [2.05, 4.69) is 19.2 Å². The van der Waals surface area contributed by atoms with Gasteiger partial charge in [-0.2, -0.15) is 0 Å². The van der Waals surface area contributed by atoms with Crippen LogP contribution < -0.4 is 5.32 Å². The molecule has 124 valence electrons. The lowest BCUT2D eigenvalue weighted by Crippen LogP contribution is -2.38. The van der Waals surface area contributed by atoms with Crippen molar-refractivity contribution in [2.75, 3.05) is 32.8 Å². The highest BCUT2D eigenvalue weighted by Gasteiger charge is 2.24. The average Bonchev–Trinajstić information content (AvgIpc) is 2.51. The molecular weight excluding hydrogens is 264 g/mol. The minimum Gasteiger partial charge on any atom is -0.395 e. The second-order valence-electron chi connectivity index (χ2n) is 6.45. The zero-order valence-electron chi connectivity index (χ0n) is 13.9. The standard InChI is InChI=1S/C17H34N2O2/c1-3-4-5-6-10-19(11-12-20)17(21)13-15(2)16-8-7-9-18-14-16/h15-16,18,20H,3-14H2,1-2H3. The number of rotatable bonds is 10. The quantitative estimate of drug-likeness (QED) is 0.609. The minimum atomic E-state index is 0.0683. The molecule has 21 heavy (non-hydrogen) atoms. The third kappa shape index (κ3) is 7.28. The van der Waals surface area contributed by atoms with Crippen LogP contribution in [0.3, 0.4) is 0 Å². The molecule has 1 saturated heterocycles. The van der Waals surface area contributed by atoms with E-state index in [4.69, 9.17) is 5.11 Å². The summed E-state index contributed by atoms with van der Waals surface area (Å²) in [6, 6.07) is 0. The number of piperidine rings is 1. The average molecular weight is 298 g/mol. The van der Waals surface area contributed by atoms with Crippen molar-refractivity contribution in [3.05, 3.63) is 0 Å². The molecule has 0 radical (unpaired) electrons. The highest BCUT2D eigenvalue weighted by Crippen LogP contribution is 2.23. The first-order valence-electron chi connectivity index (χ1n) is 8.78. The Balaban J connectivity index is 2.35. The van der Waals surface area contributed by atoms with Crippen molar-refractivity contribution in [2.24, 2.45) is 11.8 Å². The van der Waals surface area contributed by atoms with Gasteiger partial charge in [0.15, 0.2) is 0 Å². The molecule has 0 aliphatic carbocycles. The van der Waals surface area contributed by atoms with E-state index in [1.165, 1.54) is 32.1 Å². The number of nitrogens with one attached hydrogen (secondary N) is 1. The molecule has 0 aromatic rings. The van der Waals surface area contributed by atoms with Crippen molar-refractivity contribution >= 4 is 5.91 Å². The maximum Gasteiger partial charge on any atom is 0.222 e. The summed E-state index contributed by atoms with van der Waals surface area (Å²) in [5, 5.41) is 12.6. The van der Waals surface area contributed by atoms with Gasteiger partial charge in [0.25, 0.3) is 0 Å². The number of amides is 1. The summed E-state index contributed by atoms with van der Waals surface area (Å²) < 4.78 is 0. The predicted octanol–water partition coefficient (Wildman–Crippen LogP) is 2.41. The monoisotopic (exact) mass is 298 g/mol. The summed E-state index contributed by atoms with van der Waals surface area (Å²) in [6.07, 6.45) is 7.75. The van der Waals surface area contributed by atoms with E-state index in [0.717, 1.165) is 26.1 Å². The van der Waals surface area contributed by atoms with Crippen LogP contribution in [0.4, 0.5) is 0 Å². The number of unbranched alkanes of at least 4 members (excludes halogenated alkanes) is 3. The largest absolute Gasteiger partial charge is 0.395 e. The van der Waals surface area contributed by atoms with Crippen LogP contribution in [-0.4, -0.2) is 48.7 Å². The van der Waals surface area contributed by atoms with Gasteiger partial charge in [-0.1, -0.05) is 33.1 Å².